The third-order valence-corrected chi connectivity index (χ3v) is 4.83. The van der Waals surface area contributed by atoms with Crippen LogP contribution in [0.15, 0.2) is 36.4 Å². The number of anilines is 2. The van der Waals surface area contributed by atoms with E-state index in [4.69, 9.17) is 0 Å². The highest BCUT2D eigenvalue weighted by molar-refractivity contribution is 5.96. The van der Waals surface area contributed by atoms with Crippen LogP contribution in [-0.2, 0) is 22.4 Å². The van der Waals surface area contributed by atoms with Gasteiger partial charge in [-0.25, -0.2) is 0 Å². The third kappa shape index (κ3) is 5.19. The predicted molar refractivity (Wildman–Crippen MR) is 112 cm³/mol. The van der Waals surface area contributed by atoms with Gasteiger partial charge in [0.15, 0.2) is 0 Å². The first-order valence-electron chi connectivity index (χ1n) is 9.63. The minimum absolute atomic E-state index is 0.0371. The van der Waals surface area contributed by atoms with Crippen molar-refractivity contribution in [1.29, 1.82) is 0 Å². The lowest BCUT2D eigenvalue weighted by Gasteiger charge is -2.26. The van der Waals surface area contributed by atoms with Gasteiger partial charge in [-0.3, -0.25) is 9.59 Å². The molecule has 4 nitrogen and oxygen atoms in total. The molecule has 2 rings (SSSR count). The van der Waals surface area contributed by atoms with Crippen molar-refractivity contribution >= 4 is 23.2 Å². The topological polar surface area (TPSA) is 49.4 Å². The molecule has 0 heterocycles. The highest BCUT2D eigenvalue weighted by atomic mass is 16.2. The lowest BCUT2D eigenvalue weighted by molar-refractivity contribution is -0.117. The van der Waals surface area contributed by atoms with Crippen molar-refractivity contribution in [2.24, 2.45) is 0 Å². The number of hydrogen-bond acceptors (Lipinski definition) is 2. The maximum atomic E-state index is 12.5. The summed E-state index contributed by atoms with van der Waals surface area (Å²) < 4.78 is 0. The second-order valence-electron chi connectivity index (χ2n) is 6.92. The Bertz CT molecular complexity index is 805. The van der Waals surface area contributed by atoms with E-state index in [1.54, 1.807) is 11.8 Å². The quantitative estimate of drug-likeness (QED) is 0.764. The number of hydrogen-bond donors (Lipinski definition) is 1. The highest BCUT2D eigenvalue weighted by Crippen LogP contribution is 2.27. The summed E-state index contributed by atoms with van der Waals surface area (Å²) in [6.07, 6.45) is 1.96. The Kier molecular flexibility index (Phi) is 7.17. The highest BCUT2D eigenvalue weighted by Gasteiger charge is 2.19. The number of carbonyl (C=O) groups is 2. The molecule has 0 fully saturated rings. The van der Waals surface area contributed by atoms with Gasteiger partial charge in [0.25, 0.3) is 0 Å². The van der Waals surface area contributed by atoms with Crippen LogP contribution in [0.3, 0.4) is 0 Å². The molecule has 2 aromatic carbocycles. The number of rotatable bonds is 7. The van der Waals surface area contributed by atoms with Crippen LogP contribution in [-0.4, -0.2) is 18.4 Å². The molecule has 0 atom stereocenters. The molecule has 2 amide bonds. The zero-order valence-electron chi connectivity index (χ0n) is 17.1. The molecule has 0 aliphatic heterocycles. The number of benzene rings is 2. The van der Waals surface area contributed by atoms with Crippen LogP contribution >= 0.6 is 0 Å². The molecule has 2 aromatic rings. The Labute approximate surface area is 162 Å². The van der Waals surface area contributed by atoms with E-state index in [1.807, 2.05) is 38.1 Å². The van der Waals surface area contributed by atoms with E-state index in [9.17, 15) is 9.59 Å². The minimum atomic E-state index is -0.0831. The van der Waals surface area contributed by atoms with Crippen molar-refractivity contribution in [2.75, 3.05) is 16.8 Å². The van der Waals surface area contributed by atoms with Gasteiger partial charge in [-0.2, -0.15) is 0 Å². The SMILES string of the molecule is CCc1cccc(CC)c1N(CCC(=O)Nc1ccc(C)cc1C)C(C)=O. The van der Waals surface area contributed by atoms with Crippen LogP contribution in [0.4, 0.5) is 11.4 Å². The average Bonchev–Trinajstić information content (AvgIpc) is 2.63. The largest absolute Gasteiger partial charge is 0.326 e. The summed E-state index contributed by atoms with van der Waals surface area (Å²) in [6, 6.07) is 12.1. The van der Waals surface area contributed by atoms with Gasteiger partial charge in [0.1, 0.15) is 0 Å². The molecule has 27 heavy (non-hydrogen) atoms. The molecular formula is C23H30N2O2. The molecule has 0 saturated carbocycles. The van der Waals surface area contributed by atoms with Gasteiger partial charge in [-0.1, -0.05) is 49.7 Å². The van der Waals surface area contributed by atoms with Crippen LogP contribution < -0.4 is 10.2 Å². The Balaban J connectivity index is 2.16. The van der Waals surface area contributed by atoms with E-state index >= 15 is 0 Å². The summed E-state index contributed by atoms with van der Waals surface area (Å²) in [4.78, 5) is 26.6. The van der Waals surface area contributed by atoms with Crippen LogP contribution in [0.1, 0.15) is 49.4 Å². The Morgan fingerprint density at radius 3 is 2.15 bits per heavy atom. The number of amides is 2. The molecule has 0 radical (unpaired) electrons. The van der Waals surface area contributed by atoms with Crippen molar-refractivity contribution in [3.8, 4) is 0 Å². The zero-order chi connectivity index (χ0) is 20.0. The lowest BCUT2D eigenvalue weighted by Crippen LogP contribution is -2.33. The van der Waals surface area contributed by atoms with Gasteiger partial charge >= 0.3 is 0 Å². The molecule has 0 aliphatic rings. The summed E-state index contributed by atoms with van der Waals surface area (Å²) in [7, 11) is 0. The van der Waals surface area contributed by atoms with Gasteiger partial charge in [0.05, 0.1) is 0 Å². The summed E-state index contributed by atoms with van der Waals surface area (Å²) in [5, 5.41) is 2.96. The zero-order valence-corrected chi connectivity index (χ0v) is 17.1. The monoisotopic (exact) mass is 366 g/mol. The maximum absolute atomic E-state index is 12.5. The van der Waals surface area contributed by atoms with Gasteiger partial charge in [-0.15, -0.1) is 0 Å². The number of aryl methyl sites for hydroxylation is 4. The van der Waals surface area contributed by atoms with Crippen molar-refractivity contribution in [3.63, 3.8) is 0 Å². The van der Waals surface area contributed by atoms with Gasteiger partial charge in [0, 0.05) is 31.3 Å². The second kappa shape index (κ2) is 9.36. The Hall–Kier alpha value is -2.62. The fourth-order valence-electron chi connectivity index (χ4n) is 3.37. The number of carbonyl (C=O) groups excluding carboxylic acids is 2. The van der Waals surface area contributed by atoms with Gasteiger partial charge in [-0.05, 0) is 49.4 Å². The van der Waals surface area contributed by atoms with Gasteiger partial charge in [0.2, 0.25) is 11.8 Å². The molecule has 0 spiro atoms. The first kappa shape index (κ1) is 20.7. The predicted octanol–water partition coefficient (Wildman–Crippen LogP) is 4.81. The number of nitrogens with zero attached hydrogens (tertiary/aromatic N) is 1. The minimum Gasteiger partial charge on any atom is -0.326 e. The van der Waals surface area contributed by atoms with Crippen LogP contribution in [0.5, 0.6) is 0 Å². The first-order valence-corrected chi connectivity index (χ1v) is 9.63. The summed E-state index contributed by atoms with van der Waals surface area (Å²) in [6.45, 7) is 10.1. The molecular weight excluding hydrogens is 336 g/mol. The molecule has 1 N–H and O–H groups in total. The Morgan fingerprint density at radius 1 is 1.00 bits per heavy atom. The first-order chi connectivity index (χ1) is 12.9. The molecule has 0 unspecified atom stereocenters. The third-order valence-electron chi connectivity index (χ3n) is 4.83. The lowest BCUT2D eigenvalue weighted by atomic mass is 10.0. The molecule has 0 aliphatic carbocycles. The van der Waals surface area contributed by atoms with E-state index < -0.39 is 0 Å². The van der Waals surface area contributed by atoms with Crippen LogP contribution in [0, 0.1) is 13.8 Å². The maximum Gasteiger partial charge on any atom is 0.226 e. The van der Waals surface area contributed by atoms with Crippen LogP contribution in [0.25, 0.3) is 0 Å². The molecule has 0 saturated heterocycles. The fraction of sp³-hybridized carbons (Fsp3) is 0.391. The van der Waals surface area contributed by atoms with Gasteiger partial charge < -0.3 is 10.2 Å². The van der Waals surface area contributed by atoms with E-state index in [0.29, 0.717) is 6.54 Å². The van der Waals surface area contributed by atoms with Crippen molar-refractivity contribution in [2.45, 2.75) is 53.9 Å². The molecule has 0 bridgehead atoms. The molecule has 144 valence electrons. The summed E-state index contributed by atoms with van der Waals surface area (Å²) in [5.74, 6) is -0.120. The Morgan fingerprint density at radius 2 is 1.63 bits per heavy atom. The summed E-state index contributed by atoms with van der Waals surface area (Å²) >= 11 is 0. The van der Waals surface area contributed by atoms with Crippen LogP contribution in [0.2, 0.25) is 0 Å². The number of para-hydroxylation sites is 1. The molecule has 0 aromatic heterocycles. The number of nitrogens with one attached hydrogen (secondary N) is 1. The smallest absolute Gasteiger partial charge is 0.226 e. The van der Waals surface area contributed by atoms with E-state index in [1.165, 1.54) is 0 Å². The standard InChI is InChI=1S/C23H30N2O2/c1-6-19-9-8-10-20(7-2)23(19)25(18(5)26)14-13-22(27)24-21-12-11-16(3)15-17(21)4/h8-12,15H,6-7,13-14H2,1-5H3,(H,24,27). The average molecular weight is 367 g/mol. The normalized spacial score (nSPS) is 10.6. The van der Waals surface area contributed by atoms with E-state index in [2.05, 4.69) is 31.3 Å². The summed E-state index contributed by atoms with van der Waals surface area (Å²) in [5.41, 5.74) is 6.27. The van der Waals surface area contributed by atoms with E-state index in [0.717, 1.165) is 46.5 Å². The van der Waals surface area contributed by atoms with Crippen molar-refractivity contribution < 1.29 is 9.59 Å². The van der Waals surface area contributed by atoms with Crippen molar-refractivity contribution in [1.82, 2.24) is 0 Å². The van der Waals surface area contributed by atoms with E-state index in [-0.39, 0.29) is 18.2 Å². The fourth-order valence-corrected chi connectivity index (χ4v) is 3.37. The second-order valence-corrected chi connectivity index (χ2v) is 6.92. The molecule has 4 heteroatoms. The van der Waals surface area contributed by atoms with Crippen molar-refractivity contribution in [3.05, 3.63) is 58.7 Å².